The van der Waals surface area contributed by atoms with E-state index in [1.807, 2.05) is 72.8 Å². The molecule has 1 aromatic heterocycles. The molecule has 0 aliphatic carbocycles. The molecule has 0 bridgehead atoms. The number of rotatable bonds is 12. The van der Waals surface area contributed by atoms with E-state index in [0.29, 0.717) is 10.9 Å². The lowest BCUT2D eigenvalue weighted by molar-refractivity contribution is -0.268. The summed E-state index contributed by atoms with van der Waals surface area (Å²) >= 11 is 1.47. The largest absolute Gasteiger partial charge is 0.508 e. The van der Waals surface area contributed by atoms with Crippen molar-refractivity contribution >= 4 is 23.6 Å². The Kier molecular flexibility index (Phi) is 11.4. The van der Waals surface area contributed by atoms with E-state index in [2.05, 4.69) is 27.8 Å². The zero-order valence-corrected chi connectivity index (χ0v) is 29.2. The summed E-state index contributed by atoms with van der Waals surface area (Å²) < 4.78 is 19.9. The molecular weight excluding hydrogens is 671 g/mol. The van der Waals surface area contributed by atoms with E-state index < -0.39 is 18.4 Å². The summed E-state index contributed by atoms with van der Waals surface area (Å²) in [5.74, 6) is -0.236. The van der Waals surface area contributed by atoms with Gasteiger partial charge in [0.05, 0.1) is 24.5 Å². The summed E-state index contributed by atoms with van der Waals surface area (Å²) in [6, 6.07) is 30.2. The van der Waals surface area contributed by atoms with Gasteiger partial charge in [-0.2, -0.15) is 4.68 Å². The fourth-order valence-electron chi connectivity index (χ4n) is 5.90. The van der Waals surface area contributed by atoms with Crippen molar-refractivity contribution in [3.63, 3.8) is 0 Å². The number of carbonyl (C=O) groups is 2. The summed E-state index contributed by atoms with van der Waals surface area (Å²) in [5, 5.41) is 35.0. The number of benzene rings is 4. The maximum absolute atomic E-state index is 12.5. The van der Waals surface area contributed by atoms with Crippen LogP contribution in [-0.4, -0.2) is 60.3 Å². The highest BCUT2D eigenvalue weighted by molar-refractivity contribution is 7.99. The van der Waals surface area contributed by atoms with Crippen molar-refractivity contribution in [3.8, 4) is 22.6 Å². The molecule has 12 nitrogen and oxygen atoms in total. The lowest BCUT2D eigenvalue weighted by Crippen LogP contribution is -2.38. The highest BCUT2D eigenvalue weighted by atomic mass is 32.2. The van der Waals surface area contributed by atoms with Crippen molar-refractivity contribution < 1.29 is 34.0 Å². The third-order valence-electron chi connectivity index (χ3n) is 8.71. The number of aromatic nitrogens is 4. The first-order valence-electron chi connectivity index (χ1n) is 16.5. The van der Waals surface area contributed by atoms with Gasteiger partial charge < -0.3 is 29.7 Å². The zero-order valence-electron chi connectivity index (χ0n) is 28.4. The van der Waals surface area contributed by atoms with Crippen LogP contribution in [0, 0.1) is 5.92 Å². The number of tetrazole rings is 1. The Balaban J connectivity index is 1.21. The van der Waals surface area contributed by atoms with Crippen LogP contribution in [0.4, 0.5) is 0 Å². The number of amides is 1. The highest BCUT2D eigenvalue weighted by Gasteiger charge is 2.38. The number of phenolic OH excluding ortho intramolecular Hbond substituents is 1. The Morgan fingerprint density at radius 1 is 0.961 bits per heavy atom. The van der Waals surface area contributed by atoms with Crippen LogP contribution in [0.3, 0.4) is 0 Å². The molecule has 1 fully saturated rings. The van der Waals surface area contributed by atoms with Crippen LogP contribution in [-0.2, 0) is 37.0 Å². The minimum atomic E-state index is -0.889. The smallest absolute Gasteiger partial charge is 0.303 e. The molecule has 4 aromatic carbocycles. The first kappa shape index (κ1) is 35.7. The van der Waals surface area contributed by atoms with Gasteiger partial charge in [0.25, 0.3) is 5.91 Å². The first-order valence-corrected chi connectivity index (χ1v) is 17.5. The SMILES string of the molecule is CC(=O)O[C@@H](C)C(=O)NCc1ccccc1-c1ccc([C@@H]2O[C@H](CSc3nnnn3-c3ccc(O)cc3)[C@H](C)[C@H](c3ccc(CO)cc3)O2)cc1. The molecule has 3 N–H and O–H groups in total. The second kappa shape index (κ2) is 16.3. The van der Waals surface area contributed by atoms with E-state index in [1.165, 1.54) is 25.6 Å². The summed E-state index contributed by atoms with van der Waals surface area (Å²) in [4.78, 5) is 23.8. The number of phenols is 1. The van der Waals surface area contributed by atoms with Gasteiger partial charge >= 0.3 is 5.97 Å². The van der Waals surface area contributed by atoms with Crippen molar-refractivity contribution in [2.45, 2.75) is 63.7 Å². The number of aromatic hydroxyl groups is 1. The fourth-order valence-corrected chi connectivity index (χ4v) is 6.95. The number of carbonyl (C=O) groups excluding carboxylic acids is 2. The van der Waals surface area contributed by atoms with Gasteiger partial charge in [0.2, 0.25) is 5.16 Å². The summed E-state index contributed by atoms with van der Waals surface area (Å²) in [7, 11) is 0. The quantitative estimate of drug-likeness (QED) is 0.108. The third-order valence-corrected chi connectivity index (χ3v) is 9.72. The number of esters is 1. The molecule has 6 rings (SSSR count). The first-order chi connectivity index (χ1) is 24.7. The van der Waals surface area contributed by atoms with Gasteiger partial charge in [-0.3, -0.25) is 9.59 Å². The van der Waals surface area contributed by atoms with Gasteiger partial charge in [-0.25, -0.2) is 0 Å². The minimum Gasteiger partial charge on any atom is -0.508 e. The molecule has 0 unspecified atom stereocenters. The van der Waals surface area contributed by atoms with E-state index in [1.54, 1.807) is 28.9 Å². The standard InChI is InChI=1S/C38H39N5O7S/c1-23-34(22-51-38-40-41-42-43(38)31-16-18-32(46)19-17-31)49-37(50-35(23)28-10-8-26(21-44)9-11-28)29-14-12-27(13-15-29)33-7-5-4-6-30(33)20-39-36(47)24(2)48-25(3)45/h4-19,23-24,34-35,37,44,46H,20-22H2,1-3H3,(H,39,47)/t23-,24-,34+,35+,37+/m0/s1. The number of ether oxygens (including phenoxy) is 3. The second-order valence-corrected chi connectivity index (χ2v) is 13.3. The molecule has 13 heteroatoms. The predicted molar refractivity (Wildman–Crippen MR) is 189 cm³/mol. The van der Waals surface area contributed by atoms with Crippen LogP contribution in [0.25, 0.3) is 16.8 Å². The van der Waals surface area contributed by atoms with E-state index in [-0.39, 0.29) is 42.9 Å². The van der Waals surface area contributed by atoms with Gasteiger partial charge in [0.15, 0.2) is 12.4 Å². The average molecular weight is 710 g/mol. The number of nitrogens with zero attached hydrogens (tertiary/aromatic N) is 4. The molecule has 0 spiro atoms. The molecule has 5 atom stereocenters. The van der Waals surface area contributed by atoms with E-state index in [4.69, 9.17) is 14.2 Å². The van der Waals surface area contributed by atoms with E-state index in [0.717, 1.165) is 39.1 Å². The number of hydrogen-bond donors (Lipinski definition) is 3. The molecule has 1 amide bonds. The third kappa shape index (κ3) is 8.63. The molecule has 2 heterocycles. The number of hydrogen-bond acceptors (Lipinski definition) is 11. The number of nitrogens with one attached hydrogen (secondary N) is 1. The topological polar surface area (TPSA) is 158 Å². The number of thioether (sulfide) groups is 1. The van der Waals surface area contributed by atoms with Crippen molar-refractivity contribution in [3.05, 3.63) is 119 Å². The molecule has 51 heavy (non-hydrogen) atoms. The van der Waals surface area contributed by atoms with Crippen LogP contribution < -0.4 is 5.32 Å². The van der Waals surface area contributed by atoms with E-state index in [9.17, 15) is 19.8 Å². The number of aliphatic hydroxyl groups is 1. The minimum absolute atomic E-state index is 0.0443. The normalized spacial score (nSPS) is 19.3. The lowest BCUT2D eigenvalue weighted by Gasteiger charge is -2.41. The van der Waals surface area contributed by atoms with Crippen LogP contribution >= 0.6 is 11.8 Å². The molecular formula is C38H39N5O7S. The summed E-state index contributed by atoms with van der Waals surface area (Å²) in [6.45, 7) is 5.13. The monoisotopic (exact) mass is 709 g/mol. The van der Waals surface area contributed by atoms with Crippen molar-refractivity contribution in [1.82, 2.24) is 25.5 Å². The Labute approximate surface area is 299 Å². The van der Waals surface area contributed by atoms with Gasteiger partial charge in [-0.15, -0.1) is 5.10 Å². The predicted octanol–water partition coefficient (Wildman–Crippen LogP) is 5.68. The van der Waals surface area contributed by atoms with Gasteiger partial charge in [-0.05, 0) is 69.4 Å². The maximum atomic E-state index is 12.5. The van der Waals surface area contributed by atoms with Crippen molar-refractivity contribution in [2.75, 3.05) is 5.75 Å². The molecule has 1 aliphatic heterocycles. The molecule has 0 radical (unpaired) electrons. The van der Waals surface area contributed by atoms with Crippen LogP contribution in [0.5, 0.6) is 5.75 Å². The van der Waals surface area contributed by atoms with Crippen molar-refractivity contribution in [2.24, 2.45) is 5.92 Å². The Morgan fingerprint density at radius 3 is 2.37 bits per heavy atom. The highest BCUT2D eigenvalue weighted by Crippen LogP contribution is 2.43. The van der Waals surface area contributed by atoms with Crippen molar-refractivity contribution in [1.29, 1.82) is 0 Å². The van der Waals surface area contributed by atoms with Gasteiger partial charge in [-0.1, -0.05) is 91.5 Å². The maximum Gasteiger partial charge on any atom is 0.303 e. The molecule has 0 saturated carbocycles. The average Bonchev–Trinajstić information content (AvgIpc) is 3.62. The molecule has 264 valence electrons. The fraction of sp³-hybridized carbons (Fsp3) is 0.289. The zero-order chi connectivity index (χ0) is 35.9. The van der Waals surface area contributed by atoms with Crippen LogP contribution in [0.1, 0.15) is 55.4 Å². The lowest BCUT2D eigenvalue weighted by atomic mass is 9.91. The van der Waals surface area contributed by atoms with Gasteiger partial charge in [0, 0.05) is 30.7 Å². The van der Waals surface area contributed by atoms with Crippen LogP contribution in [0.2, 0.25) is 0 Å². The van der Waals surface area contributed by atoms with E-state index >= 15 is 0 Å². The molecule has 1 saturated heterocycles. The molecule has 1 aliphatic rings. The summed E-state index contributed by atoms with van der Waals surface area (Å²) in [6.07, 6.45) is -2.11. The van der Waals surface area contributed by atoms with Crippen LogP contribution in [0.15, 0.2) is 102 Å². The molecule has 5 aromatic rings. The Bertz CT molecular complexity index is 1940. The second-order valence-electron chi connectivity index (χ2n) is 12.3. The summed E-state index contributed by atoms with van der Waals surface area (Å²) in [5.41, 5.74) is 6.17. The number of aliphatic hydroxyl groups excluding tert-OH is 1. The Hall–Kier alpha value is -5.08. The Morgan fingerprint density at radius 2 is 1.67 bits per heavy atom. The van der Waals surface area contributed by atoms with Gasteiger partial charge in [0.1, 0.15) is 5.75 Å².